The van der Waals surface area contributed by atoms with Gasteiger partial charge in [0, 0.05) is 18.8 Å². The molecule has 31 heavy (non-hydrogen) atoms. The average Bonchev–Trinajstić information content (AvgIpc) is 3.48. The number of hydrogen-bond acceptors (Lipinski definition) is 7. The van der Waals surface area contributed by atoms with Gasteiger partial charge in [-0.2, -0.15) is 4.98 Å². The van der Waals surface area contributed by atoms with Gasteiger partial charge in [-0.05, 0) is 43.7 Å². The van der Waals surface area contributed by atoms with Crippen LogP contribution in [-0.2, 0) is 14.2 Å². The second kappa shape index (κ2) is 9.00. The topological polar surface area (TPSA) is 87.7 Å². The summed E-state index contributed by atoms with van der Waals surface area (Å²) in [5.41, 5.74) is 2.77. The summed E-state index contributed by atoms with van der Waals surface area (Å²) < 4.78 is 28.4. The number of H-pyrrole nitrogens is 1. The Balaban J connectivity index is 1.31. The Bertz CT molecular complexity index is 1040. The molecule has 0 bridgehead atoms. The lowest BCUT2D eigenvalue weighted by Crippen LogP contribution is -2.32. The van der Waals surface area contributed by atoms with E-state index in [1.165, 1.54) is 0 Å². The number of nitrogens with zero attached hydrogens (tertiary/aromatic N) is 2. The Labute approximate surface area is 184 Å². The summed E-state index contributed by atoms with van der Waals surface area (Å²) in [4.78, 5) is 12.3. The van der Waals surface area contributed by atoms with Crippen molar-refractivity contribution in [2.24, 2.45) is 0 Å². The summed E-state index contributed by atoms with van der Waals surface area (Å²) in [6, 6.07) is 9.83. The van der Waals surface area contributed by atoms with Crippen LogP contribution < -0.4 is 9.47 Å². The van der Waals surface area contributed by atoms with Crippen LogP contribution in [0.25, 0.3) is 22.4 Å². The maximum Gasteiger partial charge on any atom is 0.296 e. The Kier molecular flexibility index (Phi) is 5.95. The zero-order valence-corrected chi connectivity index (χ0v) is 17.9. The maximum atomic E-state index is 6.51. The van der Waals surface area contributed by atoms with Crippen LogP contribution in [0, 0.1) is 0 Å². The van der Waals surface area contributed by atoms with Gasteiger partial charge in [-0.25, -0.2) is 4.98 Å². The molecule has 0 saturated carbocycles. The van der Waals surface area contributed by atoms with Crippen molar-refractivity contribution in [1.82, 2.24) is 15.0 Å². The van der Waals surface area contributed by atoms with Gasteiger partial charge in [0.15, 0.2) is 11.8 Å². The first-order chi connectivity index (χ1) is 15.2. The van der Waals surface area contributed by atoms with Crippen molar-refractivity contribution in [2.45, 2.75) is 31.7 Å². The molecular weight excluding hydrogens is 422 g/mol. The Morgan fingerprint density at radius 2 is 2.03 bits per heavy atom. The van der Waals surface area contributed by atoms with Crippen LogP contribution in [0.5, 0.6) is 11.8 Å². The van der Waals surface area contributed by atoms with E-state index in [2.05, 4.69) is 15.0 Å². The lowest BCUT2D eigenvalue weighted by atomic mass is 10.1. The van der Waals surface area contributed by atoms with Crippen molar-refractivity contribution < 1.29 is 23.7 Å². The maximum absolute atomic E-state index is 6.51. The lowest BCUT2D eigenvalue weighted by molar-refractivity contribution is 0.0273. The van der Waals surface area contributed by atoms with Gasteiger partial charge in [-0.3, -0.25) is 0 Å². The molecule has 3 unspecified atom stereocenters. The molecule has 1 aromatic carbocycles. The van der Waals surface area contributed by atoms with Crippen LogP contribution in [0.15, 0.2) is 30.3 Å². The number of hydrogen-bond donors (Lipinski definition) is 1. The number of imidazole rings is 1. The summed E-state index contributed by atoms with van der Waals surface area (Å²) in [6.45, 7) is 4.90. The molecule has 1 N–H and O–H groups in total. The summed E-state index contributed by atoms with van der Waals surface area (Å²) in [5, 5.41) is 0.524. The normalized spacial score (nSPS) is 22.7. The van der Waals surface area contributed by atoms with Crippen LogP contribution in [0.4, 0.5) is 0 Å². The fraction of sp³-hybridized carbons (Fsp3) is 0.455. The minimum absolute atomic E-state index is 0.0467. The molecule has 4 heterocycles. The predicted molar refractivity (Wildman–Crippen MR) is 115 cm³/mol. The van der Waals surface area contributed by atoms with Gasteiger partial charge >= 0.3 is 0 Å². The zero-order chi connectivity index (χ0) is 21.2. The van der Waals surface area contributed by atoms with Crippen molar-refractivity contribution >= 4 is 22.8 Å². The fourth-order valence-electron chi connectivity index (χ4n) is 3.90. The Morgan fingerprint density at radius 3 is 2.87 bits per heavy atom. The first kappa shape index (κ1) is 20.5. The van der Waals surface area contributed by atoms with Gasteiger partial charge in [-0.15, -0.1) is 0 Å². The molecule has 2 fully saturated rings. The van der Waals surface area contributed by atoms with Crippen molar-refractivity contribution in [2.75, 3.05) is 33.0 Å². The Morgan fingerprint density at radius 1 is 1.16 bits per heavy atom. The van der Waals surface area contributed by atoms with Crippen molar-refractivity contribution in [3.05, 3.63) is 35.4 Å². The molecule has 0 aliphatic carbocycles. The quantitative estimate of drug-likeness (QED) is 0.529. The van der Waals surface area contributed by atoms with E-state index >= 15 is 0 Å². The molecule has 2 aromatic heterocycles. The number of halogens is 1. The number of ether oxygens (including phenoxy) is 5. The highest BCUT2D eigenvalue weighted by molar-refractivity contribution is 6.33. The molecule has 5 rings (SSSR count). The highest BCUT2D eigenvalue weighted by Crippen LogP contribution is 2.32. The van der Waals surface area contributed by atoms with Crippen LogP contribution in [0.2, 0.25) is 5.02 Å². The van der Waals surface area contributed by atoms with Crippen LogP contribution in [-0.4, -0.2) is 66.3 Å². The van der Waals surface area contributed by atoms with E-state index in [0.717, 1.165) is 17.7 Å². The zero-order valence-electron chi connectivity index (χ0n) is 17.2. The van der Waals surface area contributed by atoms with Gasteiger partial charge in [0.1, 0.15) is 18.5 Å². The number of benzene rings is 1. The molecule has 8 nitrogen and oxygen atoms in total. The van der Waals surface area contributed by atoms with E-state index in [1.807, 2.05) is 37.3 Å². The smallest absolute Gasteiger partial charge is 0.296 e. The SMILES string of the molecule is CCOCCOc1ccc(-c2nc3nc(OC4COC5CCOC54)[nH]c3cc2Cl)cc1. The number of nitrogens with one attached hydrogen (secondary N) is 1. The molecule has 9 heteroatoms. The number of aromatic nitrogens is 3. The largest absolute Gasteiger partial charge is 0.491 e. The van der Waals surface area contributed by atoms with Crippen LogP contribution in [0.1, 0.15) is 13.3 Å². The van der Waals surface area contributed by atoms with E-state index < -0.39 is 0 Å². The van der Waals surface area contributed by atoms with Gasteiger partial charge in [0.25, 0.3) is 6.01 Å². The van der Waals surface area contributed by atoms with Crippen LogP contribution in [0.3, 0.4) is 0 Å². The second-order valence-corrected chi connectivity index (χ2v) is 7.86. The van der Waals surface area contributed by atoms with Gasteiger partial charge in [-0.1, -0.05) is 11.6 Å². The molecule has 0 spiro atoms. The van der Waals surface area contributed by atoms with E-state index in [1.54, 1.807) is 0 Å². The van der Waals surface area contributed by atoms with E-state index in [0.29, 0.717) is 60.9 Å². The third kappa shape index (κ3) is 4.34. The van der Waals surface area contributed by atoms with Crippen molar-refractivity contribution in [1.29, 1.82) is 0 Å². The number of rotatable bonds is 8. The van der Waals surface area contributed by atoms with Gasteiger partial charge < -0.3 is 28.7 Å². The molecule has 0 amide bonds. The number of pyridine rings is 1. The first-order valence-electron chi connectivity index (χ1n) is 10.5. The van der Waals surface area contributed by atoms with Gasteiger partial charge in [0.05, 0.1) is 35.6 Å². The molecule has 0 radical (unpaired) electrons. The second-order valence-electron chi connectivity index (χ2n) is 7.45. The molecule has 2 aliphatic rings. The van der Waals surface area contributed by atoms with Crippen molar-refractivity contribution in [3.8, 4) is 23.0 Å². The number of aromatic amines is 1. The standard InChI is InChI=1S/C22H24ClN3O5/c1-2-27-9-10-28-14-5-3-13(4-6-14)19-15(23)11-16-21(25-19)26-22(24-16)31-18-12-30-17-7-8-29-20(17)18/h3-6,11,17-18,20H,2,7-10,12H2,1H3,(H,24,25,26). The molecule has 3 atom stereocenters. The van der Waals surface area contributed by atoms with Gasteiger partial charge in [0.2, 0.25) is 0 Å². The highest BCUT2D eigenvalue weighted by atomic mass is 35.5. The van der Waals surface area contributed by atoms with Crippen molar-refractivity contribution in [3.63, 3.8) is 0 Å². The first-order valence-corrected chi connectivity index (χ1v) is 10.9. The molecular formula is C22H24ClN3O5. The van der Waals surface area contributed by atoms with E-state index in [9.17, 15) is 0 Å². The summed E-state index contributed by atoms with van der Waals surface area (Å²) in [6.07, 6.45) is 0.786. The van der Waals surface area contributed by atoms with Crippen LogP contribution >= 0.6 is 11.6 Å². The third-order valence-corrected chi connectivity index (χ3v) is 5.70. The molecule has 2 aliphatic heterocycles. The highest BCUT2D eigenvalue weighted by Gasteiger charge is 2.43. The summed E-state index contributed by atoms with van der Waals surface area (Å²) in [5.74, 6) is 0.766. The molecule has 3 aromatic rings. The number of fused-ring (bicyclic) bond motifs is 2. The monoisotopic (exact) mass is 445 g/mol. The molecule has 164 valence electrons. The predicted octanol–water partition coefficient (Wildman–Crippen LogP) is 3.63. The summed E-state index contributed by atoms with van der Waals surface area (Å²) in [7, 11) is 0. The average molecular weight is 446 g/mol. The lowest BCUT2D eigenvalue weighted by Gasteiger charge is -2.15. The van der Waals surface area contributed by atoms with E-state index in [-0.39, 0.29) is 18.3 Å². The fourth-order valence-corrected chi connectivity index (χ4v) is 4.16. The third-order valence-electron chi connectivity index (χ3n) is 5.42. The Hall–Kier alpha value is -2.39. The summed E-state index contributed by atoms with van der Waals surface area (Å²) >= 11 is 6.51. The minimum Gasteiger partial charge on any atom is -0.491 e. The minimum atomic E-state index is -0.182. The molecule has 2 saturated heterocycles. The van der Waals surface area contributed by atoms with E-state index in [4.69, 9.17) is 35.3 Å².